The summed E-state index contributed by atoms with van der Waals surface area (Å²) in [5, 5.41) is 3.16. The molecule has 0 atom stereocenters. The van der Waals surface area contributed by atoms with Crippen LogP contribution in [0.5, 0.6) is 0 Å². The van der Waals surface area contributed by atoms with Gasteiger partial charge in [0.15, 0.2) is 0 Å². The molecule has 7 heteroatoms. The Kier molecular flexibility index (Phi) is 4.97. The van der Waals surface area contributed by atoms with Gasteiger partial charge in [0.05, 0.1) is 17.6 Å². The van der Waals surface area contributed by atoms with E-state index in [4.69, 9.17) is 0 Å². The summed E-state index contributed by atoms with van der Waals surface area (Å²) < 4.78 is 31.3. The molecule has 21 heavy (non-hydrogen) atoms. The molecule has 1 heterocycles. The number of benzene rings is 1. The SMILES string of the molecule is CNC1CCN(S(=O)(=O)c2cccc(C(=O)OC)c2)CC1. The zero-order valence-corrected chi connectivity index (χ0v) is 13.0. The van der Waals surface area contributed by atoms with E-state index in [9.17, 15) is 13.2 Å². The van der Waals surface area contributed by atoms with E-state index < -0.39 is 16.0 Å². The first-order chi connectivity index (χ1) is 9.98. The van der Waals surface area contributed by atoms with Crippen LogP contribution in [0.3, 0.4) is 0 Å². The number of sulfonamides is 1. The molecule has 1 fully saturated rings. The van der Waals surface area contributed by atoms with E-state index in [-0.39, 0.29) is 10.5 Å². The Morgan fingerprint density at radius 3 is 2.57 bits per heavy atom. The zero-order valence-electron chi connectivity index (χ0n) is 12.2. The van der Waals surface area contributed by atoms with Crippen molar-refractivity contribution in [1.29, 1.82) is 0 Å². The molecule has 1 saturated heterocycles. The van der Waals surface area contributed by atoms with Crippen LogP contribution in [-0.4, -0.2) is 52.0 Å². The van der Waals surface area contributed by atoms with Gasteiger partial charge in [0.2, 0.25) is 10.0 Å². The summed E-state index contributed by atoms with van der Waals surface area (Å²) in [4.78, 5) is 11.6. The van der Waals surface area contributed by atoms with Gasteiger partial charge in [-0.2, -0.15) is 4.31 Å². The highest BCUT2D eigenvalue weighted by molar-refractivity contribution is 7.89. The molecule has 1 aliphatic heterocycles. The van der Waals surface area contributed by atoms with E-state index in [2.05, 4.69) is 10.1 Å². The smallest absolute Gasteiger partial charge is 0.337 e. The normalized spacial score (nSPS) is 17.6. The predicted molar refractivity (Wildman–Crippen MR) is 78.6 cm³/mol. The lowest BCUT2D eigenvalue weighted by Gasteiger charge is -2.31. The van der Waals surface area contributed by atoms with Gasteiger partial charge in [0.1, 0.15) is 0 Å². The van der Waals surface area contributed by atoms with Crippen molar-refractivity contribution in [2.45, 2.75) is 23.8 Å². The standard InChI is InChI=1S/C14H20N2O4S/c1-15-12-6-8-16(9-7-12)21(18,19)13-5-3-4-11(10-13)14(17)20-2/h3-5,10,12,15H,6-9H2,1-2H3. The highest BCUT2D eigenvalue weighted by Gasteiger charge is 2.29. The van der Waals surface area contributed by atoms with Crippen LogP contribution in [0.25, 0.3) is 0 Å². The van der Waals surface area contributed by atoms with Crippen molar-refractivity contribution in [2.75, 3.05) is 27.2 Å². The van der Waals surface area contributed by atoms with Crippen molar-refractivity contribution in [1.82, 2.24) is 9.62 Å². The molecular weight excluding hydrogens is 292 g/mol. The van der Waals surface area contributed by atoms with Gasteiger partial charge >= 0.3 is 5.97 Å². The molecule has 1 N–H and O–H groups in total. The van der Waals surface area contributed by atoms with E-state index in [1.165, 1.54) is 29.6 Å². The van der Waals surface area contributed by atoms with Gasteiger partial charge in [-0.05, 0) is 38.1 Å². The Balaban J connectivity index is 2.22. The minimum Gasteiger partial charge on any atom is -0.465 e. The lowest BCUT2D eigenvalue weighted by Crippen LogP contribution is -2.43. The van der Waals surface area contributed by atoms with Gasteiger partial charge in [-0.3, -0.25) is 0 Å². The predicted octanol–water partition coefficient (Wildman–Crippen LogP) is 0.846. The molecule has 0 aromatic heterocycles. The summed E-state index contributed by atoms with van der Waals surface area (Å²) in [6.45, 7) is 0.965. The van der Waals surface area contributed by atoms with E-state index in [1.54, 1.807) is 6.07 Å². The number of carbonyl (C=O) groups is 1. The van der Waals surface area contributed by atoms with Crippen molar-refractivity contribution in [3.8, 4) is 0 Å². The summed E-state index contributed by atoms with van der Waals surface area (Å²) in [7, 11) is -0.407. The van der Waals surface area contributed by atoms with Crippen LogP contribution in [0.2, 0.25) is 0 Å². The number of ether oxygens (including phenoxy) is 1. The molecule has 116 valence electrons. The molecule has 6 nitrogen and oxygen atoms in total. The Morgan fingerprint density at radius 1 is 1.33 bits per heavy atom. The first-order valence-corrected chi connectivity index (χ1v) is 8.29. The Hall–Kier alpha value is -1.44. The molecule has 1 aromatic carbocycles. The van der Waals surface area contributed by atoms with Crippen molar-refractivity contribution >= 4 is 16.0 Å². The maximum atomic E-state index is 12.6. The van der Waals surface area contributed by atoms with Crippen LogP contribution < -0.4 is 5.32 Å². The van der Waals surface area contributed by atoms with E-state index in [1.807, 2.05) is 7.05 Å². The molecule has 0 unspecified atom stereocenters. The van der Waals surface area contributed by atoms with Gasteiger partial charge in [-0.15, -0.1) is 0 Å². The zero-order chi connectivity index (χ0) is 15.5. The first-order valence-electron chi connectivity index (χ1n) is 6.85. The second-order valence-electron chi connectivity index (χ2n) is 4.99. The van der Waals surface area contributed by atoms with Gasteiger partial charge in [-0.1, -0.05) is 6.07 Å². The molecule has 0 amide bonds. The number of nitrogens with zero attached hydrogens (tertiary/aromatic N) is 1. The largest absolute Gasteiger partial charge is 0.465 e. The molecule has 0 saturated carbocycles. The number of piperidine rings is 1. The summed E-state index contributed by atoms with van der Waals surface area (Å²) in [5.74, 6) is -0.541. The fraction of sp³-hybridized carbons (Fsp3) is 0.500. The molecular formula is C14H20N2O4S. The monoisotopic (exact) mass is 312 g/mol. The van der Waals surface area contributed by atoms with Gasteiger partial charge < -0.3 is 10.1 Å². The fourth-order valence-corrected chi connectivity index (χ4v) is 3.95. The number of hydrogen-bond acceptors (Lipinski definition) is 5. The van der Waals surface area contributed by atoms with E-state index >= 15 is 0 Å². The summed E-state index contributed by atoms with van der Waals surface area (Å²) in [5.41, 5.74) is 0.240. The minimum absolute atomic E-state index is 0.133. The van der Waals surface area contributed by atoms with Gasteiger partial charge in [0.25, 0.3) is 0 Å². The summed E-state index contributed by atoms with van der Waals surface area (Å²) in [6.07, 6.45) is 1.57. The lowest BCUT2D eigenvalue weighted by molar-refractivity contribution is 0.0600. The van der Waals surface area contributed by atoms with E-state index in [0.717, 1.165) is 12.8 Å². The number of hydrogen-bond donors (Lipinski definition) is 1. The molecule has 0 radical (unpaired) electrons. The Morgan fingerprint density at radius 2 is 2.00 bits per heavy atom. The third kappa shape index (κ3) is 3.42. The van der Waals surface area contributed by atoms with Gasteiger partial charge in [0, 0.05) is 19.1 Å². The number of nitrogens with one attached hydrogen (secondary N) is 1. The molecule has 0 spiro atoms. The van der Waals surface area contributed by atoms with Crippen molar-refractivity contribution < 1.29 is 17.9 Å². The number of esters is 1. The van der Waals surface area contributed by atoms with Crippen LogP contribution in [-0.2, 0) is 14.8 Å². The number of carbonyl (C=O) groups excluding carboxylic acids is 1. The maximum absolute atomic E-state index is 12.6. The van der Waals surface area contributed by atoms with Crippen molar-refractivity contribution in [3.63, 3.8) is 0 Å². The molecule has 1 aliphatic rings. The molecule has 0 aliphatic carbocycles. The quantitative estimate of drug-likeness (QED) is 0.834. The third-order valence-corrected chi connectivity index (χ3v) is 5.65. The summed E-state index contributed by atoms with van der Waals surface area (Å²) >= 11 is 0. The first kappa shape index (κ1) is 15.9. The topological polar surface area (TPSA) is 75.7 Å². The lowest BCUT2D eigenvalue weighted by atomic mass is 10.1. The Labute approximate surface area is 125 Å². The minimum atomic E-state index is -3.56. The Bertz CT molecular complexity index is 607. The maximum Gasteiger partial charge on any atom is 0.337 e. The highest BCUT2D eigenvalue weighted by atomic mass is 32.2. The average molecular weight is 312 g/mol. The van der Waals surface area contributed by atoms with Gasteiger partial charge in [-0.25, -0.2) is 13.2 Å². The van der Waals surface area contributed by atoms with Crippen LogP contribution in [0.1, 0.15) is 23.2 Å². The highest BCUT2D eigenvalue weighted by Crippen LogP contribution is 2.21. The molecule has 1 aromatic rings. The van der Waals surface area contributed by atoms with Crippen LogP contribution in [0.4, 0.5) is 0 Å². The molecule has 2 rings (SSSR count). The second kappa shape index (κ2) is 6.55. The summed E-state index contributed by atoms with van der Waals surface area (Å²) in [6, 6.07) is 6.33. The van der Waals surface area contributed by atoms with Crippen molar-refractivity contribution in [3.05, 3.63) is 29.8 Å². The van der Waals surface area contributed by atoms with Crippen LogP contribution >= 0.6 is 0 Å². The van der Waals surface area contributed by atoms with Crippen LogP contribution in [0.15, 0.2) is 29.2 Å². The fourth-order valence-electron chi connectivity index (χ4n) is 2.44. The third-order valence-electron chi connectivity index (χ3n) is 3.76. The van der Waals surface area contributed by atoms with Crippen molar-refractivity contribution in [2.24, 2.45) is 0 Å². The second-order valence-corrected chi connectivity index (χ2v) is 6.92. The van der Waals surface area contributed by atoms with Crippen LogP contribution in [0, 0.1) is 0 Å². The number of rotatable bonds is 4. The number of methoxy groups -OCH3 is 1. The van der Waals surface area contributed by atoms with E-state index in [0.29, 0.717) is 19.1 Å². The molecule has 0 bridgehead atoms. The average Bonchev–Trinajstić information content (AvgIpc) is 2.54.